The lowest BCUT2D eigenvalue weighted by molar-refractivity contribution is -0.107. The zero-order valence-corrected chi connectivity index (χ0v) is 8.82. The maximum atomic E-state index is 10.4. The van der Waals surface area contributed by atoms with Gasteiger partial charge in [-0.2, -0.15) is 0 Å². The molecule has 0 saturated carbocycles. The van der Waals surface area contributed by atoms with E-state index in [-0.39, 0.29) is 5.41 Å². The number of hydrogen-bond acceptors (Lipinski definition) is 2. The summed E-state index contributed by atoms with van der Waals surface area (Å²) in [6.45, 7) is 6.42. The monoisotopic (exact) mass is 192 g/mol. The molecule has 0 spiro atoms. The van der Waals surface area contributed by atoms with E-state index in [1.54, 1.807) is 0 Å². The van der Waals surface area contributed by atoms with E-state index < -0.39 is 0 Å². The Hall–Kier alpha value is -1.35. The van der Waals surface area contributed by atoms with Crippen molar-refractivity contribution in [1.29, 1.82) is 0 Å². The molecule has 0 aliphatic carbocycles. The van der Waals surface area contributed by atoms with Gasteiger partial charge in [-0.05, 0) is 23.1 Å². The van der Waals surface area contributed by atoms with Crippen LogP contribution in [0.2, 0.25) is 0 Å². The number of hydrogen-bond donors (Lipinski definition) is 1. The molecule has 3 nitrogen and oxygen atoms in total. The average molecular weight is 192 g/mol. The summed E-state index contributed by atoms with van der Waals surface area (Å²) in [4.78, 5) is 10.4. The van der Waals surface area contributed by atoms with Gasteiger partial charge in [-0.25, -0.2) is 5.84 Å². The van der Waals surface area contributed by atoms with E-state index >= 15 is 0 Å². The van der Waals surface area contributed by atoms with Gasteiger partial charge in [0.2, 0.25) is 6.41 Å². The topological polar surface area (TPSA) is 46.3 Å². The highest BCUT2D eigenvalue weighted by Gasteiger charge is 2.13. The van der Waals surface area contributed by atoms with Crippen molar-refractivity contribution >= 4 is 12.1 Å². The van der Waals surface area contributed by atoms with Crippen LogP contribution in [0, 0.1) is 0 Å². The van der Waals surface area contributed by atoms with E-state index in [1.807, 2.05) is 24.3 Å². The number of benzene rings is 1. The first kappa shape index (κ1) is 10.7. The molecule has 0 aliphatic heterocycles. The van der Waals surface area contributed by atoms with Crippen LogP contribution in [0.15, 0.2) is 24.3 Å². The SMILES string of the molecule is CC(C)(C)c1ccc(N(N)C=O)cc1. The zero-order chi connectivity index (χ0) is 10.8. The first-order valence-electron chi connectivity index (χ1n) is 4.55. The summed E-state index contributed by atoms with van der Waals surface area (Å²) in [5.74, 6) is 5.42. The van der Waals surface area contributed by atoms with Crippen LogP contribution in [-0.4, -0.2) is 6.41 Å². The highest BCUT2D eigenvalue weighted by atomic mass is 16.1. The van der Waals surface area contributed by atoms with Crippen molar-refractivity contribution in [2.45, 2.75) is 26.2 Å². The molecule has 3 heteroatoms. The molecule has 0 saturated heterocycles. The van der Waals surface area contributed by atoms with E-state index in [9.17, 15) is 4.79 Å². The fourth-order valence-corrected chi connectivity index (χ4v) is 1.19. The maximum Gasteiger partial charge on any atom is 0.228 e. The van der Waals surface area contributed by atoms with Crippen LogP contribution in [0.4, 0.5) is 5.69 Å². The molecule has 0 unspecified atom stereocenters. The lowest BCUT2D eigenvalue weighted by Crippen LogP contribution is -2.28. The van der Waals surface area contributed by atoms with E-state index in [2.05, 4.69) is 20.8 Å². The van der Waals surface area contributed by atoms with E-state index in [4.69, 9.17) is 5.84 Å². The molecule has 0 aliphatic rings. The van der Waals surface area contributed by atoms with Crippen molar-refractivity contribution < 1.29 is 4.79 Å². The normalized spacial score (nSPS) is 11.1. The molecule has 0 radical (unpaired) electrons. The molecule has 2 N–H and O–H groups in total. The van der Waals surface area contributed by atoms with Crippen LogP contribution < -0.4 is 10.9 Å². The first-order chi connectivity index (χ1) is 6.45. The third-order valence-corrected chi connectivity index (χ3v) is 2.15. The van der Waals surface area contributed by atoms with E-state index in [0.717, 1.165) is 5.01 Å². The lowest BCUT2D eigenvalue weighted by Gasteiger charge is -2.20. The van der Waals surface area contributed by atoms with Crippen molar-refractivity contribution in [3.8, 4) is 0 Å². The fourth-order valence-electron chi connectivity index (χ4n) is 1.19. The number of carbonyl (C=O) groups excluding carboxylic acids is 1. The Morgan fingerprint density at radius 3 is 2.07 bits per heavy atom. The van der Waals surface area contributed by atoms with Crippen LogP contribution in [0.1, 0.15) is 26.3 Å². The predicted molar refractivity (Wildman–Crippen MR) is 57.9 cm³/mol. The first-order valence-corrected chi connectivity index (χ1v) is 4.55. The molecule has 1 amide bonds. The smallest absolute Gasteiger partial charge is 0.228 e. The molecule has 0 fully saturated rings. The third-order valence-electron chi connectivity index (χ3n) is 2.15. The molecule has 0 atom stereocenters. The number of amides is 1. The number of nitrogens with two attached hydrogens (primary N) is 1. The minimum atomic E-state index is 0.124. The maximum absolute atomic E-state index is 10.4. The third kappa shape index (κ3) is 2.33. The van der Waals surface area contributed by atoms with Crippen LogP contribution >= 0.6 is 0 Å². The number of carbonyl (C=O) groups is 1. The van der Waals surface area contributed by atoms with Gasteiger partial charge in [0, 0.05) is 0 Å². The van der Waals surface area contributed by atoms with Crippen molar-refractivity contribution in [3.05, 3.63) is 29.8 Å². The van der Waals surface area contributed by atoms with E-state index in [1.165, 1.54) is 5.56 Å². The molecule has 1 aromatic carbocycles. The Bertz CT molecular complexity index is 311. The Morgan fingerprint density at radius 1 is 1.21 bits per heavy atom. The fraction of sp³-hybridized carbons (Fsp3) is 0.364. The van der Waals surface area contributed by atoms with Crippen LogP contribution in [0.5, 0.6) is 0 Å². The summed E-state index contributed by atoms with van der Waals surface area (Å²) in [6.07, 6.45) is 0.589. The van der Waals surface area contributed by atoms with E-state index in [0.29, 0.717) is 12.1 Å². The van der Waals surface area contributed by atoms with Gasteiger partial charge in [0.25, 0.3) is 0 Å². The molecule has 1 aromatic rings. The molecular weight excluding hydrogens is 176 g/mol. The molecule has 76 valence electrons. The number of hydrazine groups is 1. The summed E-state index contributed by atoms with van der Waals surface area (Å²) < 4.78 is 0. The van der Waals surface area contributed by atoms with Gasteiger partial charge in [0.05, 0.1) is 5.69 Å². The molecule has 0 bridgehead atoms. The standard InChI is InChI=1S/C11H16N2O/c1-11(2,3)9-4-6-10(7-5-9)13(12)8-14/h4-8H,12H2,1-3H3. The van der Waals surface area contributed by atoms with Crippen LogP contribution in [0.3, 0.4) is 0 Å². The van der Waals surface area contributed by atoms with Crippen molar-refractivity contribution in [1.82, 2.24) is 0 Å². The van der Waals surface area contributed by atoms with Crippen molar-refractivity contribution in [2.24, 2.45) is 5.84 Å². The minimum Gasteiger partial charge on any atom is -0.277 e. The highest BCUT2D eigenvalue weighted by molar-refractivity contribution is 5.73. The van der Waals surface area contributed by atoms with Gasteiger partial charge in [-0.1, -0.05) is 32.9 Å². The summed E-state index contributed by atoms with van der Waals surface area (Å²) in [5.41, 5.74) is 2.05. The predicted octanol–water partition coefficient (Wildman–Crippen LogP) is 1.82. The lowest BCUT2D eigenvalue weighted by atomic mass is 9.87. The Labute approximate surface area is 84.5 Å². The molecule has 0 heterocycles. The van der Waals surface area contributed by atoms with Gasteiger partial charge in [-0.3, -0.25) is 9.80 Å². The van der Waals surface area contributed by atoms with Gasteiger partial charge in [0.1, 0.15) is 0 Å². The molecule has 14 heavy (non-hydrogen) atoms. The summed E-state index contributed by atoms with van der Waals surface area (Å²) in [6, 6.07) is 7.65. The van der Waals surface area contributed by atoms with Crippen LogP contribution in [-0.2, 0) is 10.2 Å². The zero-order valence-electron chi connectivity index (χ0n) is 8.82. The molecule has 0 aromatic heterocycles. The van der Waals surface area contributed by atoms with Gasteiger partial charge >= 0.3 is 0 Å². The second-order valence-corrected chi connectivity index (χ2v) is 4.31. The second-order valence-electron chi connectivity index (χ2n) is 4.31. The van der Waals surface area contributed by atoms with Gasteiger partial charge in [-0.15, -0.1) is 0 Å². The minimum absolute atomic E-state index is 0.124. The van der Waals surface area contributed by atoms with Crippen molar-refractivity contribution in [2.75, 3.05) is 5.01 Å². The quantitative estimate of drug-likeness (QED) is 0.336. The summed E-state index contributed by atoms with van der Waals surface area (Å²) >= 11 is 0. The van der Waals surface area contributed by atoms with Crippen molar-refractivity contribution in [3.63, 3.8) is 0 Å². The largest absolute Gasteiger partial charge is 0.277 e. The molecule has 1 rings (SSSR count). The highest BCUT2D eigenvalue weighted by Crippen LogP contribution is 2.23. The van der Waals surface area contributed by atoms with Crippen LogP contribution in [0.25, 0.3) is 0 Å². The second kappa shape index (κ2) is 3.80. The number of nitrogens with zero attached hydrogens (tertiary/aromatic N) is 1. The number of anilines is 1. The Balaban J connectivity index is 2.95. The van der Waals surface area contributed by atoms with Gasteiger partial charge < -0.3 is 0 Å². The van der Waals surface area contributed by atoms with Gasteiger partial charge in [0.15, 0.2) is 0 Å². The molecular formula is C11H16N2O. The average Bonchev–Trinajstić information content (AvgIpc) is 2.15. The summed E-state index contributed by atoms with van der Waals surface area (Å²) in [7, 11) is 0. The Morgan fingerprint density at radius 2 is 1.71 bits per heavy atom. The summed E-state index contributed by atoms with van der Waals surface area (Å²) in [5, 5.41) is 1.06. The Kier molecular flexibility index (Phi) is 2.91. The number of rotatable bonds is 2.